The number of carbonyl (C=O) groups is 3. The van der Waals surface area contributed by atoms with Crippen molar-refractivity contribution in [1.29, 1.82) is 0 Å². The molecule has 0 aliphatic rings. The molecule has 0 unspecified atom stereocenters. The van der Waals surface area contributed by atoms with Crippen LogP contribution in [0.2, 0.25) is 0 Å². The largest absolute Gasteiger partial charge is 0.427 e. The van der Waals surface area contributed by atoms with Crippen LogP contribution in [0.15, 0.2) is 52.9 Å². The van der Waals surface area contributed by atoms with E-state index in [4.69, 9.17) is 9.47 Å². The van der Waals surface area contributed by atoms with Crippen LogP contribution in [-0.4, -0.2) is 29.0 Å². The molecule has 0 saturated carbocycles. The Kier molecular flexibility index (Phi) is 7.06. The fourth-order valence-corrected chi connectivity index (χ4v) is 3.43. The smallest absolute Gasteiger partial charge is 0.308 e. The van der Waals surface area contributed by atoms with Gasteiger partial charge in [0.05, 0.1) is 11.9 Å². The summed E-state index contributed by atoms with van der Waals surface area (Å²) in [7, 11) is 0. The first-order valence-electron chi connectivity index (χ1n) is 9.30. The molecule has 0 aliphatic carbocycles. The van der Waals surface area contributed by atoms with Gasteiger partial charge in [0.15, 0.2) is 0 Å². The number of carbonyl (C=O) groups excluding carboxylic acids is 3. The lowest BCUT2D eigenvalue weighted by Gasteiger charge is -2.12. The van der Waals surface area contributed by atoms with Crippen LogP contribution in [0.3, 0.4) is 0 Å². The van der Waals surface area contributed by atoms with Gasteiger partial charge in [-0.1, -0.05) is 0 Å². The van der Waals surface area contributed by atoms with Crippen molar-refractivity contribution in [1.82, 2.24) is 4.98 Å². The molecule has 32 heavy (non-hydrogen) atoms. The molecule has 1 heterocycles. The van der Waals surface area contributed by atoms with Gasteiger partial charge in [0.2, 0.25) is 11.0 Å². The Morgan fingerprint density at radius 2 is 1.72 bits per heavy atom. The highest BCUT2D eigenvalue weighted by Gasteiger charge is 2.16. The Hall–Kier alpha value is -3.92. The van der Waals surface area contributed by atoms with E-state index in [2.05, 4.69) is 10.1 Å². The van der Waals surface area contributed by atoms with Gasteiger partial charge in [0, 0.05) is 43.3 Å². The van der Waals surface area contributed by atoms with Crippen molar-refractivity contribution in [3.63, 3.8) is 0 Å². The molecule has 0 spiro atoms. The number of hydrazone groups is 1. The molecule has 3 rings (SSSR count). The first kappa shape index (κ1) is 22.8. The van der Waals surface area contributed by atoms with Gasteiger partial charge in [-0.25, -0.2) is 9.37 Å². The number of rotatable bonds is 6. The van der Waals surface area contributed by atoms with Crippen molar-refractivity contribution >= 4 is 40.5 Å². The average molecular weight is 455 g/mol. The minimum atomic E-state index is -0.577. The average Bonchev–Trinajstić information content (AvgIpc) is 3.18. The molecule has 10 heteroatoms. The van der Waals surface area contributed by atoms with E-state index < -0.39 is 17.8 Å². The third kappa shape index (κ3) is 5.82. The van der Waals surface area contributed by atoms with Crippen LogP contribution < -0.4 is 14.5 Å². The monoisotopic (exact) mass is 455 g/mol. The number of ether oxygens (including phenoxy) is 2. The van der Waals surface area contributed by atoms with Crippen molar-refractivity contribution in [3.8, 4) is 22.8 Å². The van der Waals surface area contributed by atoms with E-state index in [1.165, 1.54) is 68.7 Å². The highest BCUT2D eigenvalue weighted by atomic mass is 32.1. The second kappa shape index (κ2) is 9.92. The zero-order chi connectivity index (χ0) is 23.3. The van der Waals surface area contributed by atoms with Crippen LogP contribution in [-0.2, 0) is 14.4 Å². The summed E-state index contributed by atoms with van der Waals surface area (Å²) in [4.78, 5) is 39.2. The van der Waals surface area contributed by atoms with E-state index in [1.807, 2.05) is 0 Å². The Morgan fingerprint density at radius 1 is 1.03 bits per heavy atom. The first-order chi connectivity index (χ1) is 15.2. The van der Waals surface area contributed by atoms with Crippen LogP contribution in [0.25, 0.3) is 11.3 Å². The molecule has 1 aromatic heterocycles. The van der Waals surface area contributed by atoms with E-state index in [1.54, 1.807) is 17.5 Å². The van der Waals surface area contributed by atoms with E-state index in [9.17, 15) is 18.8 Å². The van der Waals surface area contributed by atoms with Crippen molar-refractivity contribution in [3.05, 3.63) is 59.2 Å². The fraction of sp³-hybridized carbons (Fsp3) is 0.136. The molecule has 0 N–H and O–H groups in total. The number of aromatic nitrogens is 1. The highest BCUT2D eigenvalue weighted by molar-refractivity contribution is 7.14. The lowest BCUT2D eigenvalue weighted by molar-refractivity contribution is -0.132. The molecule has 1 amide bonds. The molecule has 0 atom stereocenters. The van der Waals surface area contributed by atoms with Gasteiger partial charge in [-0.05, 0) is 36.4 Å². The van der Waals surface area contributed by atoms with Crippen LogP contribution in [0.5, 0.6) is 11.5 Å². The predicted molar refractivity (Wildman–Crippen MR) is 117 cm³/mol. The molecular weight excluding hydrogens is 437 g/mol. The molecule has 0 fully saturated rings. The van der Waals surface area contributed by atoms with Crippen LogP contribution in [0.4, 0.5) is 9.52 Å². The van der Waals surface area contributed by atoms with Gasteiger partial charge < -0.3 is 9.47 Å². The quantitative estimate of drug-likeness (QED) is 0.239. The van der Waals surface area contributed by atoms with E-state index >= 15 is 0 Å². The third-order valence-corrected chi connectivity index (χ3v) is 4.74. The summed E-state index contributed by atoms with van der Waals surface area (Å²) in [5.74, 6) is -1.56. The second-order valence-electron chi connectivity index (χ2n) is 6.48. The van der Waals surface area contributed by atoms with Gasteiger partial charge in [-0.15, -0.1) is 11.3 Å². The van der Waals surface area contributed by atoms with Gasteiger partial charge in [-0.3, -0.25) is 14.4 Å². The maximum atomic E-state index is 13.2. The zero-order valence-electron chi connectivity index (χ0n) is 17.4. The highest BCUT2D eigenvalue weighted by Crippen LogP contribution is 2.29. The number of hydrogen-bond donors (Lipinski definition) is 0. The van der Waals surface area contributed by atoms with E-state index in [0.717, 1.165) is 5.01 Å². The molecule has 8 nitrogen and oxygen atoms in total. The third-order valence-electron chi connectivity index (χ3n) is 3.92. The van der Waals surface area contributed by atoms with E-state index in [-0.39, 0.29) is 17.3 Å². The van der Waals surface area contributed by atoms with Gasteiger partial charge in [0.25, 0.3) is 0 Å². The molecular formula is C22H18FN3O5S. The van der Waals surface area contributed by atoms with Crippen LogP contribution >= 0.6 is 11.3 Å². The summed E-state index contributed by atoms with van der Waals surface area (Å²) >= 11 is 1.19. The number of amides is 1. The summed E-state index contributed by atoms with van der Waals surface area (Å²) in [5, 5.41) is 7.32. The maximum Gasteiger partial charge on any atom is 0.308 e. The molecule has 0 radical (unpaired) electrons. The Morgan fingerprint density at radius 3 is 2.34 bits per heavy atom. The molecule has 2 aromatic carbocycles. The fourth-order valence-electron chi connectivity index (χ4n) is 2.59. The van der Waals surface area contributed by atoms with Crippen molar-refractivity contribution < 1.29 is 28.2 Å². The topological polar surface area (TPSA) is 98.2 Å². The van der Waals surface area contributed by atoms with Crippen molar-refractivity contribution in [2.45, 2.75) is 20.8 Å². The number of thiazole rings is 1. The SMILES string of the molecule is CC(=O)Oc1ccc(/C=N/N(C(C)=O)c2nc(-c3ccc(F)cc3)cs2)c(OC(C)=O)c1. The second-order valence-corrected chi connectivity index (χ2v) is 7.32. The lowest BCUT2D eigenvalue weighted by atomic mass is 10.2. The van der Waals surface area contributed by atoms with Gasteiger partial charge in [-0.2, -0.15) is 10.1 Å². The molecule has 164 valence electrons. The summed E-state index contributed by atoms with van der Waals surface area (Å²) in [5.41, 5.74) is 1.63. The molecule has 3 aromatic rings. The Labute approximate surface area is 186 Å². The van der Waals surface area contributed by atoms with Gasteiger partial charge in [0.1, 0.15) is 17.3 Å². The normalized spacial score (nSPS) is 10.8. The number of anilines is 1. The van der Waals surface area contributed by atoms with E-state index in [0.29, 0.717) is 22.0 Å². The van der Waals surface area contributed by atoms with Crippen molar-refractivity contribution in [2.75, 3.05) is 5.01 Å². The first-order valence-corrected chi connectivity index (χ1v) is 10.2. The zero-order valence-corrected chi connectivity index (χ0v) is 18.2. The number of halogens is 1. The standard InChI is InChI=1S/C22H18FN3O5S/c1-13(27)26(22-25-20(12-32-22)16-4-7-18(23)8-5-16)24-11-17-6-9-19(30-14(2)28)10-21(17)31-15(3)29/h4-12H,1-3H3/b24-11+. The Bertz CT molecular complexity index is 1190. The summed E-state index contributed by atoms with van der Waals surface area (Å²) in [6.07, 6.45) is 1.33. The minimum absolute atomic E-state index is 0.106. The molecule has 0 bridgehead atoms. The predicted octanol–water partition coefficient (Wildman–Crippen LogP) is 4.19. The maximum absolute atomic E-state index is 13.2. The summed E-state index contributed by atoms with van der Waals surface area (Å²) in [6, 6.07) is 10.2. The molecule has 0 saturated heterocycles. The number of nitrogens with zero attached hydrogens (tertiary/aromatic N) is 3. The summed E-state index contributed by atoms with van der Waals surface area (Å²) < 4.78 is 23.3. The van der Waals surface area contributed by atoms with Crippen LogP contribution in [0, 0.1) is 5.82 Å². The summed E-state index contributed by atoms with van der Waals surface area (Å²) in [6.45, 7) is 3.81. The molecule has 0 aliphatic heterocycles. The Balaban J connectivity index is 1.90. The lowest BCUT2D eigenvalue weighted by Crippen LogP contribution is -2.22. The van der Waals surface area contributed by atoms with Gasteiger partial charge >= 0.3 is 11.9 Å². The number of hydrogen-bond acceptors (Lipinski definition) is 8. The minimum Gasteiger partial charge on any atom is -0.427 e. The number of benzene rings is 2. The number of esters is 2. The van der Waals surface area contributed by atoms with Crippen LogP contribution in [0.1, 0.15) is 26.3 Å². The van der Waals surface area contributed by atoms with Crippen molar-refractivity contribution in [2.24, 2.45) is 5.10 Å².